The SMILES string of the molecule is COc1ccc(C(=O)N(C)Cc2nc3ccccc3[nH]2)cc1S(=O)(=O)Nc1ccc(C)cc1. The zero-order chi connectivity index (χ0) is 23.6. The normalized spacial score (nSPS) is 11.4. The van der Waals surface area contributed by atoms with Crippen molar-refractivity contribution in [1.29, 1.82) is 0 Å². The van der Waals surface area contributed by atoms with Crippen molar-refractivity contribution in [2.45, 2.75) is 18.4 Å². The molecule has 1 amide bonds. The summed E-state index contributed by atoms with van der Waals surface area (Å²) in [5, 5.41) is 0. The van der Waals surface area contributed by atoms with Crippen molar-refractivity contribution in [3.63, 3.8) is 0 Å². The van der Waals surface area contributed by atoms with Gasteiger partial charge in [-0.1, -0.05) is 29.8 Å². The summed E-state index contributed by atoms with van der Waals surface area (Å²) in [6, 6.07) is 18.9. The number of fused-ring (bicyclic) bond motifs is 1. The van der Waals surface area contributed by atoms with E-state index in [2.05, 4.69) is 14.7 Å². The lowest BCUT2D eigenvalue weighted by Crippen LogP contribution is -2.27. The third-order valence-corrected chi connectivity index (χ3v) is 6.58. The molecule has 8 nitrogen and oxygen atoms in total. The first kappa shape index (κ1) is 22.3. The van der Waals surface area contributed by atoms with Gasteiger partial charge in [0.1, 0.15) is 16.5 Å². The molecule has 1 heterocycles. The number of nitrogens with zero attached hydrogens (tertiary/aromatic N) is 2. The highest BCUT2D eigenvalue weighted by Crippen LogP contribution is 2.28. The van der Waals surface area contributed by atoms with Crippen molar-refractivity contribution < 1.29 is 17.9 Å². The Morgan fingerprint density at radius 1 is 1.09 bits per heavy atom. The molecule has 4 rings (SSSR count). The lowest BCUT2D eigenvalue weighted by molar-refractivity contribution is 0.0781. The van der Waals surface area contributed by atoms with Gasteiger partial charge in [0.2, 0.25) is 0 Å². The molecule has 0 radical (unpaired) electrons. The largest absolute Gasteiger partial charge is 0.495 e. The summed E-state index contributed by atoms with van der Waals surface area (Å²) in [5.74, 6) is 0.436. The maximum atomic E-state index is 13.1. The molecule has 0 atom stereocenters. The van der Waals surface area contributed by atoms with Crippen LogP contribution in [0, 0.1) is 6.92 Å². The number of benzene rings is 3. The molecule has 33 heavy (non-hydrogen) atoms. The third-order valence-electron chi connectivity index (χ3n) is 5.18. The second-order valence-electron chi connectivity index (χ2n) is 7.70. The van der Waals surface area contributed by atoms with Crippen molar-refractivity contribution in [2.75, 3.05) is 18.9 Å². The Bertz CT molecular complexity index is 1380. The molecule has 0 bridgehead atoms. The number of anilines is 1. The average molecular weight is 465 g/mol. The minimum absolute atomic E-state index is 0.117. The summed E-state index contributed by atoms with van der Waals surface area (Å²) in [6.45, 7) is 2.15. The summed E-state index contributed by atoms with van der Waals surface area (Å²) in [5.41, 5.74) is 3.34. The number of rotatable bonds is 7. The molecule has 0 aliphatic heterocycles. The van der Waals surface area contributed by atoms with Crippen LogP contribution in [-0.2, 0) is 16.6 Å². The minimum Gasteiger partial charge on any atom is -0.495 e. The molecule has 3 aromatic carbocycles. The number of ether oxygens (including phenoxy) is 1. The Labute approximate surface area is 192 Å². The van der Waals surface area contributed by atoms with Crippen LogP contribution in [0.15, 0.2) is 71.6 Å². The lowest BCUT2D eigenvalue weighted by atomic mass is 10.2. The Kier molecular flexibility index (Phi) is 6.06. The van der Waals surface area contributed by atoms with Crippen LogP contribution in [0.3, 0.4) is 0 Å². The number of methoxy groups -OCH3 is 1. The van der Waals surface area contributed by atoms with Crippen LogP contribution in [0.25, 0.3) is 11.0 Å². The molecule has 9 heteroatoms. The van der Waals surface area contributed by atoms with Crippen LogP contribution >= 0.6 is 0 Å². The van der Waals surface area contributed by atoms with Gasteiger partial charge in [0, 0.05) is 18.3 Å². The van der Waals surface area contributed by atoms with E-state index < -0.39 is 10.0 Å². The van der Waals surface area contributed by atoms with Gasteiger partial charge in [-0.2, -0.15) is 0 Å². The fraction of sp³-hybridized carbons (Fsp3) is 0.167. The first-order valence-electron chi connectivity index (χ1n) is 10.2. The van der Waals surface area contributed by atoms with E-state index in [1.807, 2.05) is 43.3 Å². The van der Waals surface area contributed by atoms with Crippen molar-refractivity contribution in [1.82, 2.24) is 14.9 Å². The number of sulfonamides is 1. The zero-order valence-electron chi connectivity index (χ0n) is 18.5. The van der Waals surface area contributed by atoms with Crippen molar-refractivity contribution in [2.24, 2.45) is 0 Å². The molecule has 0 unspecified atom stereocenters. The van der Waals surface area contributed by atoms with Crippen LogP contribution in [-0.4, -0.2) is 43.4 Å². The number of aromatic amines is 1. The number of carbonyl (C=O) groups is 1. The average Bonchev–Trinajstić information content (AvgIpc) is 3.21. The van der Waals surface area contributed by atoms with Gasteiger partial charge in [-0.05, 0) is 49.4 Å². The smallest absolute Gasteiger partial charge is 0.265 e. The molecular weight excluding hydrogens is 440 g/mol. The molecule has 4 aromatic rings. The van der Waals surface area contributed by atoms with E-state index in [0.717, 1.165) is 16.6 Å². The first-order chi connectivity index (χ1) is 15.8. The van der Waals surface area contributed by atoms with Gasteiger partial charge in [0.15, 0.2) is 0 Å². The molecule has 0 spiro atoms. The van der Waals surface area contributed by atoms with E-state index in [1.165, 1.54) is 24.1 Å². The number of amides is 1. The zero-order valence-corrected chi connectivity index (χ0v) is 19.3. The van der Waals surface area contributed by atoms with Crippen LogP contribution in [0.2, 0.25) is 0 Å². The predicted molar refractivity (Wildman–Crippen MR) is 127 cm³/mol. The van der Waals surface area contributed by atoms with E-state index >= 15 is 0 Å². The van der Waals surface area contributed by atoms with Crippen LogP contribution < -0.4 is 9.46 Å². The fourth-order valence-electron chi connectivity index (χ4n) is 3.45. The first-order valence-corrected chi connectivity index (χ1v) is 11.7. The number of hydrogen-bond donors (Lipinski definition) is 2. The maximum Gasteiger partial charge on any atom is 0.265 e. The van der Waals surface area contributed by atoms with Gasteiger partial charge in [0.25, 0.3) is 15.9 Å². The molecule has 1 aromatic heterocycles. The highest BCUT2D eigenvalue weighted by molar-refractivity contribution is 7.92. The van der Waals surface area contributed by atoms with E-state index in [9.17, 15) is 13.2 Å². The van der Waals surface area contributed by atoms with Gasteiger partial charge in [-0.15, -0.1) is 0 Å². The molecule has 2 N–H and O–H groups in total. The topological polar surface area (TPSA) is 104 Å². The van der Waals surface area contributed by atoms with E-state index in [4.69, 9.17) is 4.74 Å². The quantitative estimate of drug-likeness (QED) is 0.431. The number of imidazole rings is 1. The number of aryl methyl sites for hydroxylation is 1. The molecule has 0 saturated heterocycles. The summed E-state index contributed by atoms with van der Waals surface area (Å²) in [6.07, 6.45) is 0. The Morgan fingerprint density at radius 3 is 2.52 bits per heavy atom. The number of nitrogens with one attached hydrogen (secondary N) is 2. The third kappa shape index (κ3) is 4.83. The Balaban J connectivity index is 1.59. The van der Waals surface area contributed by atoms with E-state index in [-0.39, 0.29) is 28.7 Å². The summed E-state index contributed by atoms with van der Waals surface area (Å²) in [7, 11) is -0.969. The number of aromatic nitrogens is 2. The molecule has 0 aliphatic carbocycles. The van der Waals surface area contributed by atoms with Gasteiger partial charge < -0.3 is 14.6 Å². The Hall–Kier alpha value is -3.85. The monoisotopic (exact) mass is 464 g/mol. The van der Waals surface area contributed by atoms with Crippen molar-refractivity contribution in [3.05, 3.63) is 83.7 Å². The number of para-hydroxylation sites is 2. The van der Waals surface area contributed by atoms with Gasteiger partial charge in [-0.25, -0.2) is 13.4 Å². The second kappa shape index (κ2) is 8.95. The molecule has 0 aliphatic rings. The van der Waals surface area contributed by atoms with Crippen LogP contribution in [0.1, 0.15) is 21.7 Å². The predicted octanol–water partition coefficient (Wildman–Crippen LogP) is 3.95. The summed E-state index contributed by atoms with van der Waals surface area (Å²) in [4.78, 5) is 22.1. The maximum absolute atomic E-state index is 13.1. The van der Waals surface area contributed by atoms with Crippen molar-refractivity contribution in [3.8, 4) is 5.75 Å². The van der Waals surface area contributed by atoms with Gasteiger partial charge in [0.05, 0.1) is 24.7 Å². The van der Waals surface area contributed by atoms with Crippen LogP contribution in [0.5, 0.6) is 5.75 Å². The van der Waals surface area contributed by atoms with Gasteiger partial charge in [-0.3, -0.25) is 9.52 Å². The van der Waals surface area contributed by atoms with Crippen molar-refractivity contribution >= 4 is 32.7 Å². The number of hydrogen-bond acceptors (Lipinski definition) is 5. The second-order valence-corrected chi connectivity index (χ2v) is 9.35. The van der Waals surface area contributed by atoms with E-state index in [1.54, 1.807) is 25.2 Å². The summed E-state index contributed by atoms with van der Waals surface area (Å²) < 4.78 is 33.9. The lowest BCUT2D eigenvalue weighted by Gasteiger charge is -2.17. The minimum atomic E-state index is -3.99. The fourth-order valence-corrected chi connectivity index (χ4v) is 4.70. The molecule has 170 valence electrons. The number of carbonyl (C=O) groups excluding carboxylic acids is 1. The van der Waals surface area contributed by atoms with E-state index in [0.29, 0.717) is 11.5 Å². The molecular formula is C24H24N4O4S. The molecule has 0 fully saturated rings. The van der Waals surface area contributed by atoms with Crippen LogP contribution in [0.4, 0.5) is 5.69 Å². The number of H-pyrrole nitrogens is 1. The standard InChI is InChI=1S/C24H24N4O4S/c1-16-8-11-18(12-9-16)27-33(30,31)22-14-17(10-13-21(22)32-3)24(29)28(2)15-23-25-19-6-4-5-7-20(19)26-23/h4-14,27H,15H2,1-3H3,(H,25,26). The Morgan fingerprint density at radius 2 is 1.82 bits per heavy atom. The highest BCUT2D eigenvalue weighted by Gasteiger charge is 2.23. The highest BCUT2D eigenvalue weighted by atomic mass is 32.2. The van der Waals surface area contributed by atoms with Gasteiger partial charge >= 0.3 is 0 Å². The summed E-state index contributed by atoms with van der Waals surface area (Å²) >= 11 is 0. The molecule has 0 saturated carbocycles.